The molecule has 2 atom stereocenters. The highest BCUT2D eigenvalue weighted by molar-refractivity contribution is 5.87. The van der Waals surface area contributed by atoms with E-state index in [1.165, 1.54) is 11.1 Å². The normalized spacial score (nSPS) is 18.4. The second-order valence-electron chi connectivity index (χ2n) is 4.49. The van der Waals surface area contributed by atoms with Crippen LogP contribution in [0.3, 0.4) is 0 Å². The van der Waals surface area contributed by atoms with Gasteiger partial charge in [-0.25, -0.2) is 0 Å². The third kappa shape index (κ3) is 2.45. The second kappa shape index (κ2) is 5.52. The number of likely N-dealkylation sites (N-methyl/N-ethyl adjacent to an activating group) is 1. The van der Waals surface area contributed by atoms with Crippen molar-refractivity contribution < 1.29 is 4.79 Å². The molecule has 0 radical (unpaired) electrons. The van der Waals surface area contributed by atoms with Crippen LogP contribution in [0.25, 0.3) is 0 Å². The molecule has 0 bridgehead atoms. The summed E-state index contributed by atoms with van der Waals surface area (Å²) >= 11 is 0. The van der Waals surface area contributed by atoms with E-state index < -0.39 is 0 Å². The number of carbonyl (C=O) groups is 1. The summed E-state index contributed by atoms with van der Waals surface area (Å²) < 4.78 is 0. The van der Waals surface area contributed by atoms with Crippen LogP contribution in [0.5, 0.6) is 0 Å². The Balaban J connectivity index is 0.00000144. The van der Waals surface area contributed by atoms with E-state index in [1.54, 1.807) is 4.90 Å². The van der Waals surface area contributed by atoms with Gasteiger partial charge in [-0.1, -0.05) is 24.3 Å². The number of benzene rings is 1. The largest absolute Gasteiger partial charge is 0.341 e. The van der Waals surface area contributed by atoms with Crippen LogP contribution >= 0.6 is 12.4 Å². The Hall–Kier alpha value is -1.06. The minimum Gasteiger partial charge on any atom is -0.341 e. The average Bonchev–Trinajstić information content (AvgIpc) is 2.28. The van der Waals surface area contributed by atoms with Crippen molar-refractivity contribution >= 4 is 18.3 Å². The van der Waals surface area contributed by atoms with Gasteiger partial charge < -0.3 is 10.6 Å². The molecule has 94 valence electrons. The van der Waals surface area contributed by atoms with Gasteiger partial charge in [-0.3, -0.25) is 4.79 Å². The van der Waals surface area contributed by atoms with Crippen LogP contribution in [0.1, 0.15) is 24.0 Å². The van der Waals surface area contributed by atoms with Crippen molar-refractivity contribution in [2.45, 2.75) is 25.3 Å². The van der Waals surface area contributed by atoms with Gasteiger partial charge in [0.05, 0.1) is 5.92 Å². The summed E-state index contributed by atoms with van der Waals surface area (Å²) in [5.41, 5.74) is 8.06. The lowest BCUT2D eigenvalue weighted by atomic mass is 9.77. The predicted molar refractivity (Wildman–Crippen MR) is 71.4 cm³/mol. The van der Waals surface area contributed by atoms with Gasteiger partial charge in [0.25, 0.3) is 0 Å². The summed E-state index contributed by atoms with van der Waals surface area (Å²) in [7, 11) is 1.83. The number of nitrogens with two attached hydrogens (primary N) is 1. The average molecular weight is 255 g/mol. The van der Waals surface area contributed by atoms with E-state index in [0.717, 1.165) is 6.42 Å². The van der Waals surface area contributed by atoms with Gasteiger partial charge in [0, 0.05) is 19.6 Å². The Labute approximate surface area is 108 Å². The van der Waals surface area contributed by atoms with Crippen LogP contribution < -0.4 is 5.73 Å². The van der Waals surface area contributed by atoms with Crippen LogP contribution in [-0.4, -0.2) is 30.4 Å². The highest BCUT2D eigenvalue weighted by atomic mass is 35.5. The molecular formula is C13H19ClN2O. The SMILES string of the molecule is CC(CN)N(C)C(=O)C1Cc2ccccc21.Cl. The highest BCUT2D eigenvalue weighted by Crippen LogP contribution is 2.36. The fourth-order valence-electron chi connectivity index (χ4n) is 2.10. The third-order valence-corrected chi connectivity index (χ3v) is 3.50. The van der Waals surface area contributed by atoms with E-state index >= 15 is 0 Å². The summed E-state index contributed by atoms with van der Waals surface area (Å²) in [6.07, 6.45) is 0.872. The number of hydrogen-bond donors (Lipinski definition) is 1. The van der Waals surface area contributed by atoms with Gasteiger partial charge >= 0.3 is 0 Å². The van der Waals surface area contributed by atoms with Crippen molar-refractivity contribution in [1.82, 2.24) is 4.90 Å². The fraction of sp³-hybridized carbons (Fsp3) is 0.462. The van der Waals surface area contributed by atoms with Crippen LogP contribution in [0.15, 0.2) is 24.3 Å². The third-order valence-electron chi connectivity index (χ3n) is 3.50. The van der Waals surface area contributed by atoms with Gasteiger partial charge in [0.15, 0.2) is 0 Å². The number of carbonyl (C=O) groups excluding carboxylic acids is 1. The molecule has 4 heteroatoms. The molecule has 0 saturated carbocycles. The van der Waals surface area contributed by atoms with E-state index in [0.29, 0.717) is 6.54 Å². The molecule has 2 N–H and O–H groups in total. The molecule has 0 aromatic heterocycles. The molecule has 0 spiro atoms. The minimum atomic E-state index is 0. The first kappa shape index (κ1) is 14.0. The summed E-state index contributed by atoms with van der Waals surface area (Å²) in [5, 5.41) is 0. The maximum atomic E-state index is 12.2. The van der Waals surface area contributed by atoms with E-state index in [9.17, 15) is 4.79 Å². The molecule has 17 heavy (non-hydrogen) atoms. The standard InChI is InChI=1S/C13H18N2O.ClH/c1-9(8-14)15(2)13(16)12-7-10-5-3-4-6-11(10)12;/h3-6,9,12H,7-8,14H2,1-2H3;1H. The first-order chi connectivity index (χ1) is 7.65. The summed E-state index contributed by atoms with van der Waals surface area (Å²) in [6, 6.07) is 8.25. The molecule has 0 fully saturated rings. The van der Waals surface area contributed by atoms with Gasteiger partial charge in [0.1, 0.15) is 0 Å². The van der Waals surface area contributed by atoms with E-state index in [1.807, 2.05) is 32.2 Å². The number of halogens is 1. The Morgan fingerprint density at radius 3 is 2.76 bits per heavy atom. The Morgan fingerprint density at radius 1 is 1.53 bits per heavy atom. The maximum absolute atomic E-state index is 12.2. The Kier molecular flexibility index (Phi) is 4.54. The number of nitrogens with zero attached hydrogens (tertiary/aromatic N) is 1. The molecule has 0 heterocycles. The number of fused-ring (bicyclic) bond motifs is 1. The van der Waals surface area contributed by atoms with E-state index in [4.69, 9.17) is 5.73 Å². The van der Waals surface area contributed by atoms with Crippen molar-refractivity contribution in [3.8, 4) is 0 Å². The van der Waals surface area contributed by atoms with Crippen molar-refractivity contribution in [1.29, 1.82) is 0 Å². The second-order valence-corrected chi connectivity index (χ2v) is 4.49. The highest BCUT2D eigenvalue weighted by Gasteiger charge is 2.34. The molecule has 0 aliphatic heterocycles. The van der Waals surface area contributed by atoms with Crippen molar-refractivity contribution in [3.05, 3.63) is 35.4 Å². The van der Waals surface area contributed by atoms with Crippen LogP contribution in [0.4, 0.5) is 0 Å². The van der Waals surface area contributed by atoms with Crippen molar-refractivity contribution in [3.63, 3.8) is 0 Å². The molecule has 2 rings (SSSR count). The molecule has 2 unspecified atom stereocenters. The smallest absolute Gasteiger partial charge is 0.230 e. The summed E-state index contributed by atoms with van der Waals surface area (Å²) in [6.45, 7) is 2.49. The van der Waals surface area contributed by atoms with Gasteiger partial charge in [0.2, 0.25) is 5.91 Å². The zero-order valence-electron chi connectivity index (χ0n) is 10.2. The molecule has 1 aliphatic rings. The minimum absolute atomic E-state index is 0. The van der Waals surface area contributed by atoms with Crippen LogP contribution in [-0.2, 0) is 11.2 Å². The Morgan fingerprint density at radius 2 is 2.18 bits per heavy atom. The number of amides is 1. The molecule has 1 aromatic carbocycles. The van der Waals surface area contributed by atoms with Crippen LogP contribution in [0.2, 0.25) is 0 Å². The zero-order chi connectivity index (χ0) is 11.7. The first-order valence-corrected chi connectivity index (χ1v) is 5.69. The predicted octanol–water partition coefficient (Wildman–Crippen LogP) is 1.55. The summed E-state index contributed by atoms with van der Waals surface area (Å²) in [5.74, 6) is 0.242. The zero-order valence-corrected chi connectivity index (χ0v) is 11.0. The van der Waals surface area contributed by atoms with Crippen molar-refractivity contribution in [2.75, 3.05) is 13.6 Å². The lowest BCUT2D eigenvalue weighted by Gasteiger charge is -2.34. The lowest BCUT2D eigenvalue weighted by molar-refractivity contribution is -0.133. The van der Waals surface area contributed by atoms with E-state index in [-0.39, 0.29) is 30.3 Å². The summed E-state index contributed by atoms with van der Waals surface area (Å²) in [4.78, 5) is 13.9. The van der Waals surface area contributed by atoms with Crippen LogP contribution in [0, 0.1) is 0 Å². The molecule has 1 amide bonds. The maximum Gasteiger partial charge on any atom is 0.230 e. The number of rotatable bonds is 3. The fourth-order valence-corrected chi connectivity index (χ4v) is 2.10. The van der Waals surface area contributed by atoms with Gasteiger partial charge in [-0.2, -0.15) is 0 Å². The molecular weight excluding hydrogens is 236 g/mol. The van der Waals surface area contributed by atoms with Crippen molar-refractivity contribution in [2.24, 2.45) is 5.73 Å². The topological polar surface area (TPSA) is 46.3 Å². The van der Waals surface area contributed by atoms with E-state index in [2.05, 4.69) is 6.07 Å². The molecule has 1 aromatic rings. The number of hydrogen-bond acceptors (Lipinski definition) is 2. The molecule has 1 aliphatic carbocycles. The quantitative estimate of drug-likeness (QED) is 0.890. The molecule has 0 saturated heterocycles. The monoisotopic (exact) mass is 254 g/mol. The van der Waals surface area contributed by atoms with Gasteiger partial charge in [-0.15, -0.1) is 12.4 Å². The lowest BCUT2D eigenvalue weighted by Crippen LogP contribution is -2.44. The Bertz CT molecular complexity index is 408. The first-order valence-electron chi connectivity index (χ1n) is 5.69. The van der Waals surface area contributed by atoms with Gasteiger partial charge in [-0.05, 0) is 24.5 Å². The molecule has 3 nitrogen and oxygen atoms in total.